The van der Waals surface area contributed by atoms with Crippen LogP contribution in [0, 0.1) is 0 Å². The summed E-state index contributed by atoms with van der Waals surface area (Å²) in [5.41, 5.74) is 4.10. The van der Waals surface area contributed by atoms with Gasteiger partial charge in [0.25, 0.3) is 0 Å². The summed E-state index contributed by atoms with van der Waals surface area (Å²) >= 11 is 5.94. The van der Waals surface area contributed by atoms with Crippen molar-refractivity contribution in [1.82, 2.24) is 0 Å². The molecule has 0 aliphatic heterocycles. The van der Waals surface area contributed by atoms with Crippen molar-refractivity contribution in [2.45, 2.75) is 32.6 Å². The molecule has 1 heteroatoms. The minimum atomic E-state index is 0.792. The molecule has 0 saturated carbocycles. The van der Waals surface area contributed by atoms with Crippen LogP contribution in [-0.4, -0.2) is 0 Å². The van der Waals surface area contributed by atoms with E-state index < -0.39 is 0 Å². The zero-order valence-corrected chi connectivity index (χ0v) is 12.7. The smallest absolute Gasteiger partial charge is 0.0406 e. The summed E-state index contributed by atoms with van der Waals surface area (Å²) in [6.45, 7) is 2.24. The molecule has 104 valence electrons. The van der Waals surface area contributed by atoms with Crippen LogP contribution >= 0.6 is 11.6 Å². The summed E-state index contributed by atoms with van der Waals surface area (Å²) in [6, 6.07) is 18.7. The highest BCUT2D eigenvalue weighted by atomic mass is 35.5. The Kier molecular flexibility index (Phi) is 5.88. The largest absolute Gasteiger partial charge is 0.0843 e. The van der Waals surface area contributed by atoms with Gasteiger partial charge in [-0.2, -0.15) is 0 Å². The normalized spacial score (nSPS) is 11.6. The minimum Gasteiger partial charge on any atom is -0.0843 e. The molecule has 0 nitrogen and oxygen atoms in total. The predicted molar refractivity (Wildman–Crippen MR) is 89.1 cm³/mol. The van der Waals surface area contributed by atoms with Crippen molar-refractivity contribution in [1.29, 1.82) is 0 Å². The topological polar surface area (TPSA) is 0 Å². The Morgan fingerprint density at radius 3 is 2.35 bits per heavy atom. The second-order valence-electron chi connectivity index (χ2n) is 5.12. The number of benzene rings is 2. The van der Waals surface area contributed by atoms with E-state index in [-0.39, 0.29) is 0 Å². The molecule has 0 saturated heterocycles. The number of rotatable bonds is 6. The zero-order valence-electron chi connectivity index (χ0n) is 12.0. The van der Waals surface area contributed by atoms with Crippen LogP contribution in [0.2, 0.25) is 5.02 Å². The second-order valence-corrected chi connectivity index (χ2v) is 5.56. The lowest BCUT2D eigenvalue weighted by atomic mass is 9.98. The van der Waals surface area contributed by atoms with E-state index in [0.717, 1.165) is 17.9 Å². The Hall–Kier alpha value is -1.53. The van der Waals surface area contributed by atoms with E-state index in [1.165, 1.54) is 29.5 Å². The summed E-state index contributed by atoms with van der Waals surface area (Å²) in [5.74, 6) is 0. The second kappa shape index (κ2) is 7.91. The maximum absolute atomic E-state index is 5.94. The summed E-state index contributed by atoms with van der Waals surface area (Å²) in [6.07, 6.45) is 6.97. The highest BCUT2D eigenvalue weighted by molar-refractivity contribution is 6.30. The molecule has 0 amide bonds. The molecule has 2 aromatic rings. The maximum atomic E-state index is 5.94. The van der Waals surface area contributed by atoms with E-state index in [4.69, 9.17) is 11.6 Å². The van der Waals surface area contributed by atoms with Gasteiger partial charge in [0.15, 0.2) is 0 Å². The van der Waals surface area contributed by atoms with Crippen LogP contribution in [0.1, 0.15) is 37.3 Å². The Morgan fingerprint density at radius 2 is 1.70 bits per heavy atom. The third-order valence-corrected chi connectivity index (χ3v) is 3.62. The molecule has 0 aromatic heterocycles. The van der Waals surface area contributed by atoms with Crippen molar-refractivity contribution in [2.24, 2.45) is 0 Å². The summed E-state index contributed by atoms with van der Waals surface area (Å²) in [7, 11) is 0. The molecule has 2 rings (SSSR count). The molecule has 0 spiro atoms. The van der Waals surface area contributed by atoms with Gasteiger partial charge in [0.1, 0.15) is 0 Å². The third kappa shape index (κ3) is 4.86. The Labute approximate surface area is 127 Å². The summed E-state index contributed by atoms with van der Waals surface area (Å²) in [4.78, 5) is 0. The first-order valence-corrected chi connectivity index (χ1v) is 7.64. The number of hydrogen-bond donors (Lipinski definition) is 0. The summed E-state index contributed by atoms with van der Waals surface area (Å²) < 4.78 is 0. The van der Waals surface area contributed by atoms with E-state index in [2.05, 4.69) is 55.5 Å². The lowest BCUT2D eigenvalue weighted by Crippen LogP contribution is -1.91. The molecule has 0 aliphatic rings. The predicted octanol–water partition coefficient (Wildman–Crippen LogP) is 6.16. The lowest BCUT2D eigenvalue weighted by Gasteiger charge is -2.08. The van der Waals surface area contributed by atoms with Gasteiger partial charge in [0, 0.05) is 5.02 Å². The van der Waals surface area contributed by atoms with Crippen LogP contribution in [0.25, 0.3) is 6.08 Å². The van der Waals surface area contributed by atoms with Crippen LogP contribution in [0.15, 0.2) is 60.2 Å². The average Bonchev–Trinajstić information content (AvgIpc) is 2.48. The van der Waals surface area contributed by atoms with E-state index in [1.54, 1.807) is 0 Å². The van der Waals surface area contributed by atoms with Gasteiger partial charge in [-0.05, 0) is 42.5 Å². The van der Waals surface area contributed by atoms with Gasteiger partial charge < -0.3 is 0 Å². The molecule has 0 N–H and O–H groups in total. The van der Waals surface area contributed by atoms with E-state index >= 15 is 0 Å². The van der Waals surface area contributed by atoms with E-state index in [9.17, 15) is 0 Å². The molecule has 0 unspecified atom stereocenters. The number of hydrogen-bond acceptors (Lipinski definition) is 0. The number of unbranched alkanes of at least 4 members (excludes halogenated alkanes) is 1. The van der Waals surface area contributed by atoms with Crippen molar-refractivity contribution < 1.29 is 0 Å². The number of allylic oxidation sites excluding steroid dienone is 1. The van der Waals surface area contributed by atoms with Gasteiger partial charge in [0.2, 0.25) is 0 Å². The van der Waals surface area contributed by atoms with Gasteiger partial charge in [-0.1, -0.05) is 79.1 Å². The fourth-order valence-electron chi connectivity index (χ4n) is 2.27. The fraction of sp³-hybridized carbons (Fsp3) is 0.263. The number of halogens is 1. The molecule has 0 fully saturated rings. The maximum Gasteiger partial charge on any atom is 0.0406 e. The minimum absolute atomic E-state index is 0.792. The summed E-state index contributed by atoms with van der Waals surface area (Å²) in [5, 5.41) is 0.792. The highest BCUT2D eigenvalue weighted by Crippen LogP contribution is 2.19. The lowest BCUT2D eigenvalue weighted by molar-refractivity contribution is 0.775. The monoisotopic (exact) mass is 284 g/mol. The zero-order chi connectivity index (χ0) is 14.2. The van der Waals surface area contributed by atoms with Crippen molar-refractivity contribution >= 4 is 17.7 Å². The molecule has 0 atom stereocenters. The van der Waals surface area contributed by atoms with Gasteiger partial charge in [-0.3, -0.25) is 0 Å². The quantitative estimate of drug-likeness (QED) is 0.596. The SMILES string of the molecule is CCCC/C(=C/c1ccc(Cl)cc1)Cc1ccccc1. The first-order valence-electron chi connectivity index (χ1n) is 7.27. The third-order valence-electron chi connectivity index (χ3n) is 3.37. The van der Waals surface area contributed by atoms with E-state index in [1.807, 2.05) is 12.1 Å². The molecule has 0 radical (unpaired) electrons. The van der Waals surface area contributed by atoms with Gasteiger partial charge in [0.05, 0.1) is 0 Å². The van der Waals surface area contributed by atoms with Crippen molar-refractivity contribution in [3.05, 3.63) is 76.3 Å². The van der Waals surface area contributed by atoms with Crippen LogP contribution in [0.4, 0.5) is 0 Å². The molecular formula is C19H21Cl. The average molecular weight is 285 g/mol. The molecule has 0 aliphatic carbocycles. The Bertz CT molecular complexity index is 538. The van der Waals surface area contributed by atoms with Crippen LogP contribution < -0.4 is 0 Å². The van der Waals surface area contributed by atoms with E-state index in [0.29, 0.717) is 0 Å². The fourth-order valence-corrected chi connectivity index (χ4v) is 2.39. The molecule has 2 aromatic carbocycles. The van der Waals surface area contributed by atoms with Crippen molar-refractivity contribution in [3.63, 3.8) is 0 Å². The van der Waals surface area contributed by atoms with Crippen LogP contribution in [0.3, 0.4) is 0 Å². The molecule has 0 heterocycles. The highest BCUT2D eigenvalue weighted by Gasteiger charge is 2.01. The Balaban J connectivity index is 2.16. The Morgan fingerprint density at radius 1 is 1.00 bits per heavy atom. The van der Waals surface area contributed by atoms with Gasteiger partial charge in [-0.15, -0.1) is 0 Å². The van der Waals surface area contributed by atoms with Gasteiger partial charge in [-0.25, -0.2) is 0 Å². The van der Waals surface area contributed by atoms with Crippen molar-refractivity contribution in [2.75, 3.05) is 0 Å². The first kappa shape index (κ1) is 14.9. The molecular weight excluding hydrogens is 264 g/mol. The molecule has 0 bridgehead atoms. The van der Waals surface area contributed by atoms with Crippen molar-refractivity contribution in [3.8, 4) is 0 Å². The van der Waals surface area contributed by atoms with Gasteiger partial charge >= 0.3 is 0 Å². The van der Waals surface area contributed by atoms with Crippen LogP contribution in [0.5, 0.6) is 0 Å². The molecule has 20 heavy (non-hydrogen) atoms. The first-order chi connectivity index (χ1) is 9.78. The van der Waals surface area contributed by atoms with Crippen LogP contribution in [-0.2, 0) is 6.42 Å². The standard InChI is InChI=1S/C19H21Cl/c1-2-3-7-18(14-16-8-5-4-6-9-16)15-17-10-12-19(20)13-11-17/h4-6,8-13,15H,2-3,7,14H2,1H3/b18-15-.